The SMILES string of the molecule is CC(C)(c1coc2ccccc12)C1CCCNC1. The molecular formula is C16H21NO. The lowest BCUT2D eigenvalue weighted by Crippen LogP contribution is -2.40. The zero-order valence-electron chi connectivity index (χ0n) is 11.2. The van der Waals surface area contributed by atoms with E-state index in [2.05, 4.69) is 31.3 Å². The monoisotopic (exact) mass is 243 g/mol. The number of nitrogens with one attached hydrogen (secondary N) is 1. The van der Waals surface area contributed by atoms with Gasteiger partial charge in [0.15, 0.2) is 0 Å². The van der Waals surface area contributed by atoms with E-state index in [1.54, 1.807) is 0 Å². The summed E-state index contributed by atoms with van der Waals surface area (Å²) in [4.78, 5) is 0. The normalized spacial score (nSPS) is 21.3. The van der Waals surface area contributed by atoms with Gasteiger partial charge in [0.1, 0.15) is 5.58 Å². The fourth-order valence-electron chi connectivity index (χ4n) is 3.16. The lowest BCUT2D eigenvalue weighted by molar-refractivity contribution is 0.252. The van der Waals surface area contributed by atoms with E-state index in [4.69, 9.17) is 4.42 Å². The van der Waals surface area contributed by atoms with Gasteiger partial charge in [0, 0.05) is 10.9 Å². The van der Waals surface area contributed by atoms with E-state index in [1.807, 2.05) is 18.4 Å². The van der Waals surface area contributed by atoms with Gasteiger partial charge in [-0.05, 0) is 43.3 Å². The van der Waals surface area contributed by atoms with Crippen LogP contribution in [0, 0.1) is 5.92 Å². The van der Waals surface area contributed by atoms with Crippen molar-refractivity contribution in [1.29, 1.82) is 0 Å². The lowest BCUT2D eigenvalue weighted by atomic mass is 9.70. The maximum Gasteiger partial charge on any atom is 0.134 e. The quantitative estimate of drug-likeness (QED) is 0.869. The molecule has 2 nitrogen and oxygen atoms in total. The first-order chi connectivity index (χ1) is 8.69. The Morgan fingerprint density at radius 1 is 1.28 bits per heavy atom. The maximum atomic E-state index is 5.71. The van der Waals surface area contributed by atoms with E-state index in [0.717, 1.165) is 12.1 Å². The number of hydrogen-bond acceptors (Lipinski definition) is 2. The Balaban J connectivity index is 2.01. The van der Waals surface area contributed by atoms with Crippen molar-refractivity contribution in [3.05, 3.63) is 36.1 Å². The summed E-state index contributed by atoms with van der Waals surface area (Å²) in [6.45, 7) is 6.98. The smallest absolute Gasteiger partial charge is 0.134 e. The second-order valence-electron chi connectivity index (χ2n) is 5.91. The molecule has 0 amide bonds. The van der Waals surface area contributed by atoms with Gasteiger partial charge in [-0.3, -0.25) is 0 Å². The van der Waals surface area contributed by atoms with Crippen molar-refractivity contribution in [2.45, 2.75) is 32.1 Å². The van der Waals surface area contributed by atoms with Crippen molar-refractivity contribution in [3.63, 3.8) is 0 Å². The summed E-state index contributed by atoms with van der Waals surface area (Å²) in [7, 11) is 0. The van der Waals surface area contributed by atoms with Crippen molar-refractivity contribution in [2.24, 2.45) is 5.92 Å². The summed E-state index contributed by atoms with van der Waals surface area (Å²) >= 11 is 0. The fraction of sp³-hybridized carbons (Fsp3) is 0.500. The zero-order chi connectivity index (χ0) is 12.6. The summed E-state index contributed by atoms with van der Waals surface area (Å²) < 4.78 is 5.71. The van der Waals surface area contributed by atoms with E-state index >= 15 is 0 Å². The van der Waals surface area contributed by atoms with Gasteiger partial charge in [-0.2, -0.15) is 0 Å². The third-order valence-electron chi connectivity index (χ3n) is 4.49. The van der Waals surface area contributed by atoms with Crippen molar-refractivity contribution in [3.8, 4) is 0 Å². The number of rotatable bonds is 2. The van der Waals surface area contributed by atoms with Crippen LogP contribution in [0.15, 0.2) is 34.9 Å². The number of benzene rings is 1. The van der Waals surface area contributed by atoms with Gasteiger partial charge < -0.3 is 9.73 Å². The summed E-state index contributed by atoms with van der Waals surface area (Å²) in [6.07, 6.45) is 4.54. The van der Waals surface area contributed by atoms with Crippen LogP contribution >= 0.6 is 0 Å². The molecule has 1 aromatic carbocycles. The van der Waals surface area contributed by atoms with E-state index in [9.17, 15) is 0 Å². The van der Waals surface area contributed by atoms with Gasteiger partial charge >= 0.3 is 0 Å². The number of furan rings is 1. The Labute approximate surface area is 108 Å². The Morgan fingerprint density at radius 2 is 2.11 bits per heavy atom. The molecule has 1 unspecified atom stereocenters. The van der Waals surface area contributed by atoms with Crippen LogP contribution in [0.1, 0.15) is 32.3 Å². The second kappa shape index (κ2) is 4.43. The lowest BCUT2D eigenvalue weighted by Gasteiger charge is -2.37. The molecule has 1 aliphatic heterocycles. The van der Waals surface area contributed by atoms with Crippen LogP contribution in [0.5, 0.6) is 0 Å². The first-order valence-corrected chi connectivity index (χ1v) is 6.87. The summed E-state index contributed by atoms with van der Waals surface area (Å²) in [6, 6.07) is 8.35. The van der Waals surface area contributed by atoms with Gasteiger partial charge in [-0.25, -0.2) is 0 Å². The average Bonchev–Trinajstić information content (AvgIpc) is 2.84. The molecule has 1 atom stereocenters. The molecule has 0 aliphatic carbocycles. The molecule has 1 aliphatic rings. The van der Waals surface area contributed by atoms with E-state index in [-0.39, 0.29) is 5.41 Å². The number of para-hydroxylation sites is 1. The largest absolute Gasteiger partial charge is 0.464 e. The van der Waals surface area contributed by atoms with Crippen molar-refractivity contribution < 1.29 is 4.42 Å². The van der Waals surface area contributed by atoms with Gasteiger partial charge in [-0.1, -0.05) is 32.0 Å². The van der Waals surface area contributed by atoms with E-state index in [1.165, 1.54) is 30.3 Å². The third kappa shape index (κ3) is 1.85. The van der Waals surface area contributed by atoms with E-state index in [0.29, 0.717) is 5.92 Å². The Hall–Kier alpha value is -1.28. The number of hydrogen-bond donors (Lipinski definition) is 1. The second-order valence-corrected chi connectivity index (χ2v) is 5.91. The van der Waals surface area contributed by atoms with Crippen LogP contribution in [-0.2, 0) is 5.41 Å². The first kappa shape index (κ1) is 11.8. The molecule has 2 aromatic rings. The fourth-order valence-corrected chi connectivity index (χ4v) is 3.16. The molecule has 0 bridgehead atoms. The van der Waals surface area contributed by atoms with Crippen LogP contribution in [0.4, 0.5) is 0 Å². The first-order valence-electron chi connectivity index (χ1n) is 6.87. The summed E-state index contributed by atoms with van der Waals surface area (Å²) in [5, 5.41) is 4.79. The van der Waals surface area contributed by atoms with Crippen molar-refractivity contribution in [1.82, 2.24) is 5.32 Å². The van der Waals surface area contributed by atoms with Crippen LogP contribution < -0.4 is 5.32 Å². The number of fused-ring (bicyclic) bond motifs is 1. The molecule has 2 heteroatoms. The van der Waals surface area contributed by atoms with E-state index < -0.39 is 0 Å². The predicted molar refractivity (Wildman–Crippen MR) is 74.8 cm³/mol. The molecule has 1 saturated heterocycles. The highest BCUT2D eigenvalue weighted by Gasteiger charge is 2.34. The summed E-state index contributed by atoms with van der Waals surface area (Å²) in [5.41, 5.74) is 2.52. The maximum absolute atomic E-state index is 5.71. The Kier molecular flexibility index (Phi) is 2.90. The predicted octanol–water partition coefficient (Wildman–Crippen LogP) is 3.71. The van der Waals surface area contributed by atoms with Gasteiger partial charge in [0.2, 0.25) is 0 Å². The Bertz CT molecular complexity index is 535. The van der Waals surface area contributed by atoms with Crippen LogP contribution in [0.3, 0.4) is 0 Å². The molecular weight excluding hydrogens is 222 g/mol. The van der Waals surface area contributed by atoms with Gasteiger partial charge in [0.25, 0.3) is 0 Å². The van der Waals surface area contributed by atoms with Gasteiger partial charge in [-0.15, -0.1) is 0 Å². The average molecular weight is 243 g/mol. The topological polar surface area (TPSA) is 25.2 Å². The molecule has 96 valence electrons. The molecule has 3 rings (SSSR count). The van der Waals surface area contributed by atoms with Crippen LogP contribution in [0.2, 0.25) is 0 Å². The highest BCUT2D eigenvalue weighted by molar-refractivity contribution is 5.82. The molecule has 1 fully saturated rings. The molecule has 18 heavy (non-hydrogen) atoms. The highest BCUT2D eigenvalue weighted by Crippen LogP contribution is 2.39. The molecule has 2 heterocycles. The molecule has 0 saturated carbocycles. The molecule has 1 aromatic heterocycles. The van der Waals surface area contributed by atoms with Crippen molar-refractivity contribution in [2.75, 3.05) is 13.1 Å². The molecule has 0 radical (unpaired) electrons. The van der Waals surface area contributed by atoms with Crippen molar-refractivity contribution >= 4 is 11.0 Å². The van der Waals surface area contributed by atoms with Gasteiger partial charge in [0.05, 0.1) is 6.26 Å². The molecule has 1 N–H and O–H groups in total. The minimum atomic E-state index is 0.167. The minimum Gasteiger partial charge on any atom is -0.464 e. The van der Waals surface area contributed by atoms with Crippen LogP contribution in [0.25, 0.3) is 11.0 Å². The highest BCUT2D eigenvalue weighted by atomic mass is 16.3. The van der Waals surface area contributed by atoms with Crippen LogP contribution in [-0.4, -0.2) is 13.1 Å². The number of piperidine rings is 1. The summed E-state index contributed by atoms with van der Waals surface area (Å²) in [5.74, 6) is 0.687. The zero-order valence-corrected chi connectivity index (χ0v) is 11.2. The Morgan fingerprint density at radius 3 is 2.89 bits per heavy atom. The standard InChI is InChI=1S/C16H21NO/c1-16(2,12-6-5-9-17-10-12)14-11-18-15-8-4-3-7-13(14)15/h3-4,7-8,11-12,17H,5-6,9-10H2,1-2H3. The third-order valence-corrected chi connectivity index (χ3v) is 4.49. The molecule has 0 spiro atoms. The minimum absolute atomic E-state index is 0.167.